The molecular weight excluding hydrogens is 226 g/mol. The number of methoxy groups -OCH3 is 1. The molecule has 0 aromatic carbocycles. The zero-order valence-electron chi connectivity index (χ0n) is 9.95. The maximum absolute atomic E-state index is 5.72. The van der Waals surface area contributed by atoms with Gasteiger partial charge < -0.3 is 14.6 Å². The summed E-state index contributed by atoms with van der Waals surface area (Å²) >= 11 is 5.72. The Morgan fingerprint density at radius 1 is 1.62 bits per heavy atom. The number of aryl methyl sites for hydroxylation is 1. The van der Waals surface area contributed by atoms with E-state index in [4.69, 9.17) is 16.3 Å². The summed E-state index contributed by atoms with van der Waals surface area (Å²) in [5, 5.41) is 3.42. The summed E-state index contributed by atoms with van der Waals surface area (Å²) in [5.41, 5.74) is 0. The van der Waals surface area contributed by atoms with Gasteiger partial charge in [0.15, 0.2) is 0 Å². The number of ether oxygens (including phenoxy) is 1. The fraction of sp³-hybridized carbons (Fsp3) is 0.727. The summed E-state index contributed by atoms with van der Waals surface area (Å²) in [6.07, 6.45) is 5.63. The maximum atomic E-state index is 5.72. The molecule has 1 atom stereocenters. The third-order valence-electron chi connectivity index (χ3n) is 2.53. The first-order valence-electron chi connectivity index (χ1n) is 5.52. The van der Waals surface area contributed by atoms with Gasteiger partial charge in [-0.2, -0.15) is 0 Å². The van der Waals surface area contributed by atoms with Crippen molar-refractivity contribution in [1.82, 2.24) is 14.9 Å². The molecule has 0 bridgehead atoms. The summed E-state index contributed by atoms with van der Waals surface area (Å²) in [5.74, 6) is 1.75. The first kappa shape index (κ1) is 13.5. The highest BCUT2D eigenvalue weighted by molar-refractivity contribution is 6.17. The van der Waals surface area contributed by atoms with Gasteiger partial charge in [-0.3, -0.25) is 0 Å². The third kappa shape index (κ3) is 4.51. The van der Waals surface area contributed by atoms with Gasteiger partial charge in [-0.15, -0.1) is 11.6 Å². The predicted octanol–water partition coefficient (Wildman–Crippen LogP) is 1.20. The van der Waals surface area contributed by atoms with E-state index < -0.39 is 0 Å². The number of alkyl halides is 1. The number of hydrogen-bond donors (Lipinski definition) is 1. The summed E-state index contributed by atoms with van der Waals surface area (Å²) in [7, 11) is 3.72. The van der Waals surface area contributed by atoms with Gasteiger partial charge in [0.1, 0.15) is 5.82 Å². The standard InChI is InChI=1S/C11H20ClN3O/c1-15-8-7-14-11(15)4-6-13-10(3-5-12)9-16-2/h7-8,10,13H,3-6,9H2,1-2H3. The third-order valence-corrected chi connectivity index (χ3v) is 2.75. The largest absolute Gasteiger partial charge is 0.383 e. The molecule has 1 unspecified atom stereocenters. The van der Waals surface area contributed by atoms with Gasteiger partial charge in [0.25, 0.3) is 0 Å². The Labute approximate surface area is 102 Å². The van der Waals surface area contributed by atoms with Crippen molar-refractivity contribution in [2.45, 2.75) is 18.9 Å². The number of imidazole rings is 1. The fourth-order valence-corrected chi connectivity index (χ4v) is 1.87. The Kier molecular flexibility index (Phi) is 6.45. The highest BCUT2D eigenvalue weighted by atomic mass is 35.5. The first-order valence-corrected chi connectivity index (χ1v) is 6.06. The van der Waals surface area contributed by atoms with Crippen LogP contribution in [0.5, 0.6) is 0 Å². The van der Waals surface area contributed by atoms with Crippen LogP contribution >= 0.6 is 11.6 Å². The number of nitrogens with zero attached hydrogens (tertiary/aromatic N) is 2. The van der Waals surface area contributed by atoms with Crippen LogP contribution in [0.3, 0.4) is 0 Å². The van der Waals surface area contributed by atoms with Crippen LogP contribution < -0.4 is 5.32 Å². The van der Waals surface area contributed by atoms with Crippen LogP contribution in [0, 0.1) is 0 Å². The van der Waals surface area contributed by atoms with Gasteiger partial charge in [-0.05, 0) is 6.42 Å². The molecule has 1 rings (SSSR count). The van der Waals surface area contributed by atoms with Crippen LogP contribution in [0.4, 0.5) is 0 Å². The molecule has 0 amide bonds. The Bertz CT molecular complexity index is 285. The van der Waals surface area contributed by atoms with Gasteiger partial charge in [0.2, 0.25) is 0 Å². The number of aromatic nitrogens is 2. The van der Waals surface area contributed by atoms with Gasteiger partial charge >= 0.3 is 0 Å². The van der Waals surface area contributed by atoms with E-state index in [0.717, 1.165) is 25.2 Å². The molecule has 0 aliphatic heterocycles. The molecule has 1 aromatic heterocycles. The highest BCUT2D eigenvalue weighted by Crippen LogP contribution is 1.98. The number of nitrogens with one attached hydrogen (secondary N) is 1. The van der Waals surface area contributed by atoms with E-state index in [9.17, 15) is 0 Å². The minimum atomic E-state index is 0.336. The Morgan fingerprint density at radius 2 is 2.44 bits per heavy atom. The van der Waals surface area contributed by atoms with Crippen LogP contribution in [0.25, 0.3) is 0 Å². The minimum absolute atomic E-state index is 0.336. The van der Waals surface area contributed by atoms with Crippen molar-refractivity contribution in [2.75, 3.05) is 26.1 Å². The van der Waals surface area contributed by atoms with Crippen molar-refractivity contribution < 1.29 is 4.74 Å². The molecule has 1 aromatic rings. The van der Waals surface area contributed by atoms with E-state index in [1.807, 2.05) is 24.0 Å². The minimum Gasteiger partial charge on any atom is -0.383 e. The van der Waals surface area contributed by atoms with Gasteiger partial charge in [0, 0.05) is 51.4 Å². The van der Waals surface area contributed by atoms with E-state index in [0.29, 0.717) is 18.5 Å². The van der Waals surface area contributed by atoms with Crippen molar-refractivity contribution in [1.29, 1.82) is 0 Å². The van der Waals surface area contributed by atoms with E-state index >= 15 is 0 Å². The quantitative estimate of drug-likeness (QED) is 0.700. The van der Waals surface area contributed by atoms with E-state index in [1.165, 1.54) is 0 Å². The molecule has 1 N–H and O–H groups in total. The molecule has 1 heterocycles. The second-order valence-corrected chi connectivity index (χ2v) is 4.17. The van der Waals surface area contributed by atoms with Crippen molar-refractivity contribution in [2.24, 2.45) is 7.05 Å². The number of hydrogen-bond acceptors (Lipinski definition) is 3. The SMILES string of the molecule is COCC(CCCl)NCCc1nccn1C. The molecule has 0 radical (unpaired) electrons. The lowest BCUT2D eigenvalue weighted by molar-refractivity contribution is 0.165. The van der Waals surface area contributed by atoms with Crippen LogP contribution in [0.2, 0.25) is 0 Å². The molecule has 0 saturated carbocycles. The number of rotatable bonds is 8. The summed E-state index contributed by atoms with van der Waals surface area (Å²) < 4.78 is 7.16. The van der Waals surface area contributed by atoms with Crippen molar-refractivity contribution >= 4 is 11.6 Å². The monoisotopic (exact) mass is 245 g/mol. The number of halogens is 1. The average Bonchev–Trinajstić information content (AvgIpc) is 2.65. The van der Waals surface area contributed by atoms with E-state index in [1.54, 1.807) is 7.11 Å². The van der Waals surface area contributed by atoms with Crippen LogP contribution in [-0.2, 0) is 18.2 Å². The predicted molar refractivity (Wildman–Crippen MR) is 65.9 cm³/mol. The van der Waals surface area contributed by atoms with Crippen LogP contribution in [-0.4, -0.2) is 41.7 Å². The molecule has 16 heavy (non-hydrogen) atoms. The second-order valence-electron chi connectivity index (χ2n) is 3.79. The first-order chi connectivity index (χ1) is 7.77. The second kappa shape index (κ2) is 7.65. The summed E-state index contributed by atoms with van der Waals surface area (Å²) in [4.78, 5) is 4.27. The molecule has 5 heteroatoms. The van der Waals surface area contributed by atoms with Gasteiger partial charge in [0.05, 0.1) is 6.61 Å². The van der Waals surface area contributed by atoms with Crippen molar-refractivity contribution in [3.8, 4) is 0 Å². The van der Waals surface area contributed by atoms with E-state index in [-0.39, 0.29) is 0 Å². The maximum Gasteiger partial charge on any atom is 0.109 e. The molecule has 92 valence electrons. The Balaban J connectivity index is 2.24. The van der Waals surface area contributed by atoms with Crippen molar-refractivity contribution in [3.05, 3.63) is 18.2 Å². The van der Waals surface area contributed by atoms with Gasteiger partial charge in [-0.25, -0.2) is 4.98 Å². The van der Waals surface area contributed by atoms with Crippen molar-refractivity contribution in [3.63, 3.8) is 0 Å². The van der Waals surface area contributed by atoms with Gasteiger partial charge in [-0.1, -0.05) is 0 Å². The summed E-state index contributed by atoms with van der Waals surface area (Å²) in [6.45, 7) is 1.60. The lowest BCUT2D eigenvalue weighted by Gasteiger charge is -2.16. The lowest BCUT2D eigenvalue weighted by atomic mass is 10.2. The highest BCUT2D eigenvalue weighted by Gasteiger charge is 2.07. The molecular formula is C11H20ClN3O. The zero-order valence-corrected chi connectivity index (χ0v) is 10.7. The topological polar surface area (TPSA) is 39.1 Å². The molecule has 0 fully saturated rings. The molecule has 4 nitrogen and oxygen atoms in total. The lowest BCUT2D eigenvalue weighted by Crippen LogP contribution is -2.35. The van der Waals surface area contributed by atoms with E-state index in [2.05, 4.69) is 10.3 Å². The molecule has 0 aliphatic carbocycles. The Morgan fingerprint density at radius 3 is 3.00 bits per heavy atom. The van der Waals surface area contributed by atoms with Crippen LogP contribution in [0.15, 0.2) is 12.4 Å². The molecule has 0 spiro atoms. The van der Waals surface area contributed by atoms with Crippen LogP contribution in [0.1, 0.15) is 12.2 Å². The molecule has 0 aliphatic rings. The zero-order chi connectivity index (χ0) is 11.8. The normalized spacial score (nSPS) is 12.9. The smallest absolute Gasteiger partial charge is 0.109 e. The average molecular weight is 246 g/mol. The fourth-order valence-electron chi connectivity index (χ4n) is 1.60. The summed E-state index contributed by atoms with van der Waals surface area (Å²) in [6, 6.07) is 0.336. The molecule has 0 saturated heterocycles. The Hall–Kier alpha value is -0.580.